The number of rotatable bonds is 1. The Morgan fingerprint density at radius 1 is 1.12 bits per heavy atom. The number of hydrogen-bond acceptors (Lipinski definition) is 0. The fourth-order valence-corrected chi connectivity index (χ4v) is 1.50. The van der Waals surface area contributed by atoms with Crippen LogP contribution in [0.5, 0.6) is 0 Å². The molecule has 0 aliphatic carbocycles. The second kappa shape index (κ2) is 4.33. The van der Waals surface area contributed by atoms with Crippen molar-refractivity contribution in [1.82, 2.24) is 0 Å². The standard InChI is InChI=1S/C6H14Si.BrH/c1-5-6-7(2,3)4;/h5-6H,1-4H3;1H. The van der Waals surface area contributed by atoms with Crippen molar-refractivity contribution in [2.45, 2.75) is 26.6 Å². The minimum atomic E-state index is -0.838. The lowest BCUT2D eigenvalue weighted by molar-refractivity contribution is 1.70. The van der Waals surface area contributed by atoms with Gasteiger partial charge >= 0.3 is 0 Å². The summed E-state index contributed by atoms with van der Waals surface area (Å²) in [6, 6.07) is 0. The van der Waals surface area contributed by atoms with E-state index in [1.54, 1.807) is 0 Å². The second-order valence-corrected chi connectivity index (χ2v) is 7.93. The minimum absolute atomic E-state index is 0. The first-order valence-electron chi connectivity index (χ1n) is 2.70. The van der Waals surface area contributed by atoms with Gasteiger partial charge in [-0.15, -0.1) is 17.0 Å². The topological polar surface area (TPSA) is 0 Å². The van der Waals surface area contributed by atoms with Gasteiger partial charge in [-0.25, -0.2) is 0 Å². The smallest absolute Gasteiger partial charge is 0.0682 e. The molecule has 0 saturated heterocycles. The number of halogens is 1. The highest BCUT2D eigenvalue weighted by Gasteiger charge is 2.04. The number of hydrogen-bond donors (Lipinski definition) is 0. The van der Waals surface area contributed by atoms with Gasteiger partial charge in [0, 0.05) is 0 Å². The van der Waals surface area contributed by atoms with Gasteiger partial charge in [-0.05, 0) is 6.92 Å². The first-order chi connectivity index (χ1) is 3.06. The Hall–Kier alpha value is 0.437. The van der Waals surface area contributed by atoms with E-state index in [4.69, 9.17) is 0 Å². The molecule has 0 N–H and O–H groups in total. The van der Waals surface area contributed by atoms with Crippen molar-refractivity contribution >= 4 is 25.1 Å². The molecule has 0 bridgehead atoms. The fraction of sp³-hybridized carbons (Fsp3) is 0.667. The van der Waals surface area contributed by atoms with Gasteiger partial charge in [0.2, 0.25) is 0 Å². The zero-order valence-electron chi connectivity index (χ0n) is 6.06. The van der Waals surface area contributed by atoms with Gasteiger partial charge < -0.3 is 0 Å². The Labute approximate surface area is 63.8 Å². The molecule has 0 rings (SSSR count). The molecule has 0 aliphatic heterocycles. The van der Waals surface area contributed by atoms with Crippen LogP contribution in [-0.4, -0.2) is 8.07 Å². The van der Waals surface area contributed by atoms with Crippen molar-refractivity contribution in [1.29, 1.82) is 0 Å². The van der Waals surface area contributed by atoms with Gasteiger partial charge in [-0.1, -0.05) is 31.4 Å². The minimum Gasteiger partial charge on any atom is -0.114 e. The van der Waals surface area contributed by atoms with Crippen LogP contribution in [0.2, 0.25) is 19.6 Å². The summed E-state index contributed by atoms with van der Waals surface area (Å²) < 4.78 is 0. The van der Waals surface area contributed by atoms with E-state index in [1.807, 2.05) is 0 Å². The van der Waals surface area contributed by atoms with Crippen molar-refractivity contribution < 1.29 is 0 Å². The van der Waals surface area contributed by atoms with Gasteiger partial charge in [-0.2, -0.15) is 0 Å². The first kappa shape index (κ1) is 11.3. The molecule has 0 aromatic heterocycles. The van der Waals surface area contributed by atoms with Gasteiger partial charge in [-0.3, -0.25) is 0 Å². The van der Waals surface area contributed by atoms with Crippen LogP contribution in [-0.2, 0) is 0 Å². The van der Waals surface area contributed by atoms with E-state index < -0.39 is 8.07 Å². The Balaban J connectivity index is 0. The number of allylic oxidation sites excluding steroid dienone is 1. The van der Waals surface area contributed by atoms with E-state index in [0.29, 0.717) is 0 Å². The Morgan fingerprint density at radius 3 is 1.50 bits per heavy atom. The first-order valence-corrected chi connectivity index (χ1v) is 6.28. The summed E-state index contributed by atoms with van der Waals surface area (Å²) in [5, 5.41) is 0. The lowest BCUT2D eigenvalue weighted by atomic mass is 10.8. The van der Waals surface area contributed by atoms with Crippen LogP contribution in [0.25, 0.3) is 0 Å². The van der Waals surface area contributed by atoms with Crippen LogP contribution in [0.1, 0.15) is 6.92 Å². The lowest BCUT2D eigenvalue weighted by Crippen LogP contribution is -2.14. The molecule has 0 nitrogen and oxygen atoms in total. The molecule has 0 heterocycles. The summed E-state index contributed by atoms with van der Waals surface area (Å²) in [6.07, 6.45) is 2.15. The second-order valence-electron chi connectivity index (χ2n) is 2.87. The molecule has 0 aliphatic rings. The fourth-order valence-electron chi connectivity index (χ4n) is 0.500. The maximum atomic E-state index is 2.33. The maximum absolute atomic E-state index is 2.33. The van der Waals surface area contributed by atoms with Crippen molar-refractivity contribution in [3.8, 4) is 0 Å². The molecule has 0 radical (unpaired) electrons. The van der Waals surface area contributed by atoms with Gasteiger partial charge in [0.15, 0.2) is 0 Å². The highest BCUT2D eigenvalue weighted by atomic mass is 79.9. The Kier molecular flexibility index (Phi) is 6.09. The summed E-state index contributed by atoms with van der Waals surface area (Å²) in [6.45, 7) is 9.06. The van der Waals surface area contributed by atoms with Crippen LogP contribution < -0.4 is 0 Å². The normalized spacial score (nSPS) is 11.5. The molecule has 0 aromatic rings. The van der Waals surface area contributed by atoms with Crippen LogP contribution in [0, 0.1) is 0 Å². The third kappa shape index (κ3) is 9.67. The molecule has 0 amide bonds. The Morgan fingerprint density at radius 2 is 1.50 bits per heavy atom. The van der Waals surface area contributed by atoms with E-state index >= 15 is 0 Å². The molecule has 0 atom stereocenters. The van der Waals surface area contributed by atoms with Crippen LogP contribution >= 0.6 is 17.0 Å². The van der Waals surface area contributed by atoms with E-state index in [9.17, 15) is 0 Å². The molecule has 2 heteroatoms. The zero-order chi connectivity index (χ0) is 5.91. The van der Waals surface area contributed by atoms with Gasteiger partial charge in [0.25, 0.3) is 0 Å². The molecule has 0 unspecified atom stereocenters. The van der Waals surface area contributed by atoms with E-state index in [1.165, 1.54) is 0 Å². The third-order valence-corrected chi connectivity index (χ3v) is 2.00. The van der Waals surface area contributed by atoms with Crippen LogP contribution in [0.15, 0.2) is 11.8 Å². The summed E-state index contributed by atoms with van der Waals surface area (Å²) in [4.78, 5) is 0. The lowest BCUT2D eigenvalue weighted by Gasteiger charge is -2.06. The zero-order valence-corrected chi connectivity index (χ0v) is 8.78. The molecule has 0 spiro atoms. The molecule has 8 heavy (non-hydrogen) atoms. The van der Waals surface area contributed by atoms with E-state index in [-0.39, 0.29) is 17.0 Å². The van der Waals surface area contributed by atoms with Crippen molar-refractivity contribution in [3.63, 3.8) is 0 Å². The predicted molar refractivity (Wildman–Crippen MR) is 48.5 cm³/mol. The van der Waals surface area contributed by atoms with Gasteiger partial charge in [0.1, 0.15) is 0 Å². The SMILES string of the molecule is Br.CC=C[Si](C)(C)C. The van der Waals surface area contributed by atoms with Crippen LogP contribution in [0.3, 0.4) is 0 Å². The summed E-state index contributed by atoms with van der Waals surface area (Å²) in [7, 11) is -0.838. The largest absolute Gasteiger partial charge is 0.114 e. The summed E-state index contributed by atoms with van der Waals surface area (Å²) in [5.74, 6) is 0. The predicted octanol–water partition coefficient (Wildman–Crippen LogP) is 3.02. The molecule has 0 saturated carbocycles. The monoisotopic (exact) mass is 194 g/mol. The highest BCUT2D eigenvalue weighted by Crippen LogP contribution is 2.00. The summed E-state index contributed by atoms with van der Waals surface area (Å²) in [5.41, 5.74) is 2.33. The summed E-state index contributed by atoms with van der Waals surface area (Å²) >= 11 is 0. The average Bonchev–Trinajstić information content (AvgIpc) is 1.30. The van der Waals surface area contributed by atoms with Crippen molar-refractivity contribution in [2.75, 3.05) is 0 Å². The molecular formula is C6H15BrSi. The van der Waals surface area contributed by atoms with Crippen LogP contribution in [0.4, 0.5) is 0 Å². The van der Waals surface area contributed by atoms with E-state index in [0.717, 1.165) is 0 Å². The Bertz CT molecular complexity index is 71.1. The highest BCUT2D eigenvalue weighted by molar-refractivity contribution is 8.93. The molecular weight excluding hydrogens is 180 g/mol. The maximum Gasteiger partial charge on any atom is 0.0682 e. The molecule has 50 valence electrons. The van der Waals surface area contributed by atoms with Crippen molar-refractivity contribution in [2.24, 2.45) is 0 Å². The van der Waals surface area contributed by atoms with E-state index in [2.05, 4.69) is 38.3 Å². The third-order valence-electron chi connectivity index (χ3n) is 0.667. The molecule has 0 fully saturated rings. The molecule has 0 aromatic carbocycles. The quantitative estimate of drug-likeness (QED) is 0.564. The van der Waals surface area contributed by atoms with Gasteiger partial charge in [0.05, 0.1) is 8.07 Å². The van der Waals surface area contributed by atoms with Crippen molar-refractivity contribution in [3.05, 3.63) is 11.8 Å². The average molecular weight is 195 g/mol.